The van der Waals surface area contributed by atoms with Crippen molar-refractivity contribution in [1.29, 1.82) is 0 Å². The summed E-state index contributed by atoms with van der Waals surface area (Å²) >= 11 is 5.92. The van der Waals surface area contributed by atoms with Crippen LogP contribution in [0, 0.1) is 0 Å². The third kappa shape index (κ3) is 4.13. The molecule has 122 valence electrons. The lowest BCUT2D eigenvalue weighted by Gasteiger charge is -2.36. The molecule has 2 fully saturated rings. The Hall–Kier alpha value is -0.810. The number of carbonyl (C=O) groups excluding carboxylic acids is 1. The lowest BCUT2D eigenvalue weighted by atomic mass is 10.0. The molecule has 1 amide bonds. The molecule has 0 saturated carbocycles. The molecule has 0 spiro atoms. The topological polar surface area (TPSA) is 41.6 Å². The number of halogens is 2. The standard InChI is InChI=1S/C16H21ClN2O2.ClH/c17-13-6-4-12(5-7-13)15-11-19(9-10-21-15)16(20)14-3-1-2-8-18-14;/h4-7,14-15,18H,1-3,8-11H2;1H. The zero-order valence-electron chi connectivity index (χ0n) is 12.5. The smallest absolute Gasteiger partial charge is 0.239 e. The molecule has 2 aliphatic heterocycles. The number of rotatable bonds is 2. The van der Waals surface area contributed by atoms with Gasteiger partial charge in [0.1, 0.15) is 6.10 Å². The summed E-state index contributed by atoms with van der Waals surface area (Å²) in [4.78, 5) is 14.5. The van der Waals surface area contributed by atoms with Crippen molar-refractivity contribution in [2.24, 2.45) is 0 Å². The van der Waals surface area contributed by atoms with E-state index < -0.39 is 0 Å². The normalized spacial score (nSPS) is 25.4. The third-order valence-corrected chi connectivity index (χ3v) is 4.48. The number of nitrogens with one attached hydrogen (secondary N) is 1. The van der Waals surface area contributed by atoms with Gasteiger partial charge < -0.3 is 15.0 Å². The second-order valence-electron chi connectivity index (χ2n) is 5.70. The fourth-order valence-corrected chi connectivity index (χ4v) is 3.14. The van der Waals surface area contributed by atoms with Crippen LogP contribution in [-0.2, 0) is 9.53 Å². The number of piperidine rings is 1. The Kier molecular flexibility index (Phi) is 6.50. The molecule has 0 aliphatic carbocycles. The van der Waals surface area contributed by atoms with Gasteiger partial charge in [-0.1, -0.05) is 30.2 Å². The molecular weight excluding hydrogens is 323 g/mol. The van der Waals surface area contributed by atoms with E-state index in [1.165, 1.54) is 6.42 Å². The summed E-state index contributed by atoms with van der Waals surface area (Å²) in [5, 5.41) is 4.05. The van der Waals surface area contributed by atoms with Gasteiger partial charge >= 0.3 is 0 Å². The van der Waals surface area contributed by atoms with E-state index in [1.807, 2.05) is 29.2 Å². The van der Waals surface area contributed by atoms with Crippen LogP contribution in [0.25, 0.3) is 0 Å². The van der Waals surface area contributed by atoms with Crippen LogP contribution in [0.2, 0.25) is 5.02 Å². The Balaban J connectivity index is 0.00000176. The number of hydrogen-bond donors (Lipinski definition) is 1. The molecule has 2 saturated heterocycles. The maximum absolute atomic E-state index is 12.6. The van der Waals surface area contributed by atoms with Crippen molar-refractivity contribution >= 4 is 29.9 Å². The number of morpholine rings is 1. The van der Waals surface area contributed by atoms with Gasteiger partial charge in [0.25, 0.3) is 0 Å². The Morgan fingerprint density at radius 3 is 2.73 bits per heavy atom. The van der Waals surface area contributed by atoms with Crippen LogP contribution in [-0.4, -0.2) is 43.1 Å². The van der Waals surface area contributed by atoms with E-state index in [0.29, 0.717) is 24.7 Å². The molecule has 22 heavy (non-hydrogen) atoms. The molecule has 6 heteroatoms. The summed E-state index contributed by atoms with van der Waals surface area (Å²) in [6, 6.07) is 7.66. The van der Waals surface area contributed by atoms with Gasteiger partial charge in [-0.05, 0) is 37.1 Å². The Morgan fingerprint density at radius 2 is 2.05 bits per heavy atom. The fraction of sp³-hybridized carbons (Fsp3) is 0.562. The summed E-state index contributed by atoms with van der Waals surface area (Å²) < 4.78 is 5.81. The first kappa shape index (κ1) is 17.5. The molecule has 2 aliphatic rings. The quantitative estimate of drug-likeness (QED) is 0.896. The van der Waals surface area contributed by atoms with Crippen LogP contribution < -0.4 is 5.32 Å². The highest BCUT2D eigenvalue weighted by atomic mass is 35.5. The molecule has 2 heterocycles. The lowest BCUT2D eigenvalue weighted by molar-refractivity contribution is -0.141. The SMILES string of the molecule is Cl.O=C(C1CCCCN1)N1CCOC(c2ccc(Cl)cc2)C1. The molecular formula is C16H22Cl2N2O2. The van der Waals surface area contributed by atoms with Crippen molar-refractivity contribution in [3.63, 3.8) is 0 Å². The monoisotopic (exact) mass is 344 g/mol. The second kappa shape index (κ2) is 8.16. The highest BCUT2D eigenvalue weighted by Crippen LogP contribution is 2.24. The van der Waals surface area contributed by atoms with E-state index in [0.717, 1.165) is 24.9 Å². The van der Waals surface area contributed by atoms with Gasteiger partial charge in [-0.3, -0.25) is 4.79 Å². The zero-order chi connectivity index (χ0) is 14.7. The van der Waals surface area contributed by atoms with Crippen molar-refractivity contribution in [2.75, 3.05) is 26.2 Å². The third-order valence-electron chi connectivity index (χ3n) is 4.23. The van der Waals surface area contributed by atoms with E-state index in [4.69, 9.17) is 16.3 Å². The highest BCUT2D eigenvalue weighted by molar-refractivity contribution is 6.30. The maximum Gasteiger partial charge on any atom is 0.239 e. The highest BCUT2D eigenvalue weighted by Gasteiger charge is 2.30. The fourth-order valence-electron chi connectivity index (χ4n) is 3.01. The minimum absolute atomic E-state index is 0. The number of nitrogens with zero attached hydrogens (tertiary/aromatic N) is 1. The zero-order valence-corrected chi connectivity index (χ0v) is 14.0. The van der Waals surface area contributed by atoms with Gasteiger partial charge in [0, 0.05) is 11.6 Å². The van der Waals surface area contributed by atoms with E-state index >= 15 is 0 Å². The van der Waals surface area contributed by atoms with Crippen LogP contribution in [0.3, 0.4) is 0 Å². The molecule has 2 unspecified atom stereocenters. The van der Waals surface area contributed by atoms with Crippen LogP contribution in [0.15, 0.2) is 24.3 Å². The van der Waals surface area contributed by atoms with Crippen LogP contribution in [0.5, 0.6) is 0 Å². The molecule has 2 atom stereocenters. The van der Waals surface area contributed by atoms with Crippen LogP contribution in [0.4, 0.5) is 0 Å². The van der Waals surface area contributed by atoms with Gasteiger partial charge in [0.2, 0.25) is 5.91 Å². The van der Waals surface area contributed by atoms with Crippen molar-refractivity contribution in [2.45, 2.75) is 31.4 Å². The lowest BCUT2D eigenvalue weighted by Crippen LogP contribution is -2.52. The first-order valence-electron chi connectivity index (χ1n) is 7.63. The largest absolute Gasteiger partial charge is 0.370 e. The summed E-state index contributed by atoms with van der Waals surface area (Å²) in [5.41, 5.74) is 1.08. The van der Waals surface area contributed by atoms with Gasteiger partial charge in [0.05, 0.1) is 19.2 Å². The number of amides is 1. The summed E-state index contributed by atoms with van der Waals surface area (Å²) in [5.74, 6) is 0.219. The van der Waals surface area contributed by atoms with Crippen molar-refractivity contribution in [3.05, 3.63) is 34.9 Å². The van der Waals surface area contributed by atoms with E-state index in [2.05, 4.69) is 5.32 Å². The number of benzene rings is 1. The molecule has 1 aromatic carbocycles. The Labute approximate surface area is 142 Å². The van der Waals surface area contributed by atoms with Crippen molar-refractivity contribution in [1.82, 2.24) is 10.2 Å². The maximum atomic E-state index is 12.6. The molecule has 0 bridgehead atoms. The number of carbonyl (C=O) groups is 1. The van der Waals surface area contributed by atoms with E-state index in [-0.39, 0.29) is 30.5 Å². The molecule has 0 aromatic heterocycles. The summed E-state index contributed by atoms with van der Waals surface area (Å²) in [6.07, 6.45) is 3.19. The molecule has 3 rings (SSSR count). The molecule has 1 N–H and O–H groups in total. The van der Waals surface area contributed by atoms with Crippen molar-refractivity contribution in [3.8, 4) is 0 Å². The predicted octanol–water partition coefficient (Wildman–Crippen LogP) is 2.80. The number of hydrogen-bond acceptors (Lipinski definition) is 3. The molecule has 4 nitrogen and oxygen atoms in total. The summed E-state index contributed by atoms with van der Waals surface area (Å²) in [6.45, 7) is 2.84. The first-order valence-corrected chi connectivity index (χ1v) is 8.01. The first-order chi connectivity index (χ1) is 10.2. The Bertz CT molecular complexity index is 489. The average Bonchev–Trinajstić information content (AvgIpc) is 2.56. The van der Waals surface area contributed by atoms with Gasteiger partial charge in [-0.2, -0.15) is 0 Å². The second-order valence-corrected chi connectivity index (χ2v) is 6.13. The van der Waals surface area contributed by atoms with Crippen molar-refractivity contribution < 1.29 is 9.53 Å². The van der Waals surface area contributed by atoms with E-state index in [1.54, 1.807) is 0 Å². The predicted molar refractivity (Wildman–Crippen MR) is 89.6 cm³/mol. The van der Waals surface area contributed by atoms with Crippen LogP contribution in [0.1, 0.15) is 30.9 Å². The minimum Gasteiger partial charge on any atom is -0.370 e. The molecule has 1 aromatic rings. The number of ether oxygens (including phenoxy) is 1. The van der Waals surface area contributed by atoms with Crippen LogP contribution >= 0.6 is 24.0 Å². The average molecular weight is 345 g/mol. The Morgan fingerprint density at radius 1 is 1.27 bits per heavy atom. The minimum atomic E-state index is -0.0523. The van der Waals surface area contributed by atoms with Gasteiger partial charge in [-0.25, -0.2) is 0 Å². The summed E-state index contributed by atoms with van der Waals surface area (Å²) in [7, 11) is 0. The van der Waals surface area contributed by atoms with E-state index in [9.17, 15) is 4.79 Å². The van der Waals surface area contributed by atoms with Gasteiger partial charge in [-0.15, -0.1) is 12.4 Å². The van der Waals surface area contributed by atoms with Gasteiger partial charge in [0.15, 0.2) is 0 Å². The molecule has 0 radical (unpaired) electrons.